The van der Waals surface area contributed by atoms with Gasteiger partial charge in [0.1, 0.15) is 0 Å². The predicted octanol–water partition coefficient (Wildman–Crippen LogP) is 5.20. The van der Waals surface area contributed by atoms with Crippen molar-refractivity contribution in [2.75, 3.05) is 6.54 Å². The lowest BCUT2D eigenvalue weighted by atomic mass is 9.77. The summed E-state index contributed by atoms with van der Waals surface area (Å²) in [5.74, 6) is -0.0978. The van der Waals surface area contributed by atoms with Gasteiger partial charge in [0.15, 0.2) is 0 Å². The minimum absolute atomic E-state index is 0.0978. The molecule has 4 rings (SSSR count). The van der Waals surface area contributed by atoms with E-state index >= 15 is 0 Å². The molecule has 148 valence electrons. The number of nitrogens with one attached hydrogen (secondary N) is 1. The molecule has 1 N–H and O–H groups in total. The molecule has 1 aliphatic rings. The van der Waals surface area contributed by atoms with Gasteiger partial charge in [0.25, 0.3) is 5.91 Å². The predicted molar refractivity (Wildman–Crippen MR) is 118 cm³/mol. The number of allylic oxidation sites excluding steroid dienone is 2. The van der Waals surface area contributed by atoms with Crippen LogP contribution in [0.1, 0.15) is 54.7 Å². The van der Waals surface area contributed by atoms with Crippen LogP contribution in [0.15, 0.2) is 60.9 Å². The van der Waals surface area contributed by atoms with Gasteiger partial charge in [-0.2, -0.15) is 0 Å². The Labute approximate surface area is 172 Å². The molecule has 0 bridgehead atoms. The molecule has 0 atom stereocenters. The molecule has 2 heterocycles. The fourth-order valence-electron chi connectivity index (χ4n) is 3.82. The highest BCUT2D eigenvalue weighted by atomic mass is 16.1. The molecule has 4 heteroatoms. The van der Waals surface area contributed by atoms with Crippen LogP contribution in [0.25, 0.3) is 16.5 Å². The third-order valence-corrected chi connectivity index (χ3v) is 5.68. The van der Waals surface area contributed by atoms with Crippen LogP contribution in [-0.2, 0) is 6.42 Å². The molecule has 0 unspecified atom stereocenters. The van der Waals surface area contributed by atoms with Crippen LogP contribution in [0.2, 0.25) is 0 Å². The molecule has 0 fully saturated rings. The van der Waals surface area contributed by atoms with Gasteiger partial charge in [-0.25, -0.2) is 0 Å². The standard InChI is InChI=1S/C25H27N3O/c1-25(2)12-9-18(10-13-25)22-8-5-6-19-16-20(17-28-23(19)22)24(29)27-15-11-21-7-3-4-14-26-21/h3-9,14,16-17H,10-13,15H2,1-2H3,(H,27,29). The second kappa shape index (κ2) is 8.16. The normalized spacial score (nSPS) is 15.7. The highest BCUT2D eigenvalue weighted by Gasteiger charge is 2.23. The van der Waals surface area contributed by atoms with Crippen LogP contribution >= 0.6 is 0 Å². The van der Waals surface area contributed by atoms with Crippen molar-refractivity contribution in [1.82, 2.24) is 15.3 Å². The highest BCUT2D eigenvalue weighted by Crippen LogP contribution is 2.39. The van der Waals surface area contributed by atoms with Crippen molar-refractivity contribution in [1.29, 1.82) is 0 Å². The lowest BCUT2D eigenvalue weighted by Gasteiger charge is -2.29. The number of para-hydroxylation sites is 1. The first-order chi connectivity index (χ1) is 14.0. The van der Waals surface area contributed by atoms with Crippen LogP contribution in [0.4, 0.5) is 0 Å². The van der Waals surface area contributed by atoms with Crippen LogP contribution in [0, 0.1) is 5.41 Å². The fraction of sp³-hybridized carbons (Fsp3) is 0.320. The molecular weight excluding hydrogens is 358 g/mol. The van der Waals surface area contributed by atoms with E-state index in [9.17, 15) is 4.79 Å². The summed E-state index contributed by atoms with van der Waals surface area (Å²) in [5, 5.41) is 3.97. The zero-order valence-corrected chi connectivity index (χ0v) is 17.1. The number of amides is 1. The molecule has 0 spiro atoms. The summed E-state index contributed by atoms with van der Waals surface area (Å²) in [7, 11) is 0. The molecule has 1 aromatic carbocycles. The first-order valence-electron chi connectivity index (χ1n) is 10.3. The number of pyridine rings is 2. The van der Waals surface area contributed by atoms with Crippen molar-refractivity contribution < 1.29 is 4.79 Å². The van der Waals surface area contributed by atoms with Crippen LogP contribution in [0.5, 0.6) is 0 Å². The fourth-order valence-corrected chi connectivity index (χ4v) is 3.82. The average Bonchev–Trinajstić information content (AvgIpc) is 2.74. The molecule has 1 amide bonds. The van der Waals surface area contributed by atoms with Gasteiger partial charge in [0.2, 0.25) is 0 Å². The van der Waals surface area contributed by atoms with E-state index in [-0.39, 0.29) is 5.91 Å². The summed E-state index contributed by atoms with van der Waals surface area (Å²) < 4.78 is 0. The second-order valence-electron chi connectivity index (χ2n) is 8.53. The summed E-state index contributed by atoms with van der Waals surface area (Å²) in [6.45, 7) is 5.19. The number of aromatic nitrogens is 2. The van der Waals surface area contributed by atoms with Crippen LogP contribution in [-0.4, -0.2) is 22.4 Å². The molecule has 4 nitrogen and oxygen atoms in total. The Balaban J connectivity index is 1.50. The smallest absolute Gasteiger partial charge is 0.252 e. The summed E-state index contributed by atoms with van der Waals surface area (Å²) >= 11 is 0. The Morgan fingerprint density at radius 2 is 2.03 bits per heavy atom. The maximum absolute atomic E-state index is 12.6. The maximum atomic E-state index is 12.6. The van der Waals surface area contributed by atoms with Gasteiger partial charge >= 0.3 is 0 Å². The van der Waals surface area contributed by atoms with Crippen molar-refractivity contribution in [3.8, 4) is 0 Å². The summed E-state index contributed by atoms with van der Waals surface area (Å²) in [6.07, 6.45) is 9.88. The number of rotatable bonds is 5. The SMILES string of the molecule is CC1(C)CC=C(c2cccc3cc(C(=O)NCCc4ccccn4)cnc23)CC1. The third-order valence-electron chi connectivity index (χ3n) is 5.68. The van der Waals surface area contributed by atoms with E-state index < -0.39 is 0 Å². The number of carbonyl (C=O) groups is 1. The van der Waals surface area contributed by atoms with Crippen molar-refractivity contribution in [2.24, 2.45) is 5.41 Å². The minimum Gasteiger partial charge on any atom is -0.352 e. The second-order valence-corrected chi connectivity index (χ2v) is 8.53. The van der Waals surface area contributed by atoms with Crippen molar-refractivity contribution in [3.05, 3.63) is 77.8 Å². The summed E-state index contributed by atoms with van der Waals surface area (Å²) in [4.78, 5) is 21.5. The Morgan fingerprint density at radius 3 is 2.79 bits per heavy atom. The summed E-state index contributed by atoms with van der Waals surface area (Å²) in [5.41, 5.74) is 5.48. The van der Waals surface area contributed by atoms with Crippen LogP contribution < -0.4 is 5.32 Å². The van der Waals surface area contributed by atoms with Gasteiger partial charge in [-0.3, -0.25) is 14.8 Å². The lowest BCUT2D eigenvalue weighted by molar-refractivity contribution is 0.0954. The van der Waals surface area contributed by atoms with Gasteiger partial charge in [0.05, 0.1) is 11.1 Å². The number of hydrogen-bond acceptors (Lipinski definition) is 3. The Bertz CT molecular complexity index is 1050. The number of fused-ring (bicyclic) bond motifs is 1. The topological polar surface area (TPSA) is 54.9 Å². The monoisotopic (exact) mass is 385 g/mol. The zero-order chi connectivity index (χ0) is 20.3. The molecule has 0 aliphatic heterocycles. The molecular formula is C25H27N3O. The van der Waals surface area contributed by atoms with E-state index in [4.69, 9.17) is 0 Å². The van der Waals surface area contributed by atoms with E-state index in [0.29, 0.717) is 23.9 Å². The van der Waals surface area contributed by atoms with Gasteiger partial charge in [-0.1, -0.05) is 44.2 Å². The molecule has 29 heavy (non-hydrogen) atoms. The Morgan fingerprint density at radius 1 is 1.14 bits per heavy atom. The van der Waals surface area contributed by atoms with E-state index in [1.165, 1.54) is 17.6 Å². The van der Waals surface area contributed by atoms with E-state index in [1.807, 2.05) is 30.3 Å². The quantitative estimate of drug-likeness (QED) is 0.657. The first-order valence-corrected chi connectivity index (χ1v) is 10.3. The highest BCUT2D eigenvalue weighted by molar-refractivity contribution is 5.99. The van der Waals surface area contributed by atoms with E-state index in [0.717, 1.165) is 29.4 Å². The molecule has 3 aromatic rings. The van der Waals surface area contributed by atoms with Crippen molar-refractivity contribution in [2.45, 2.75) is 39.5 Å². The van der Waals surface area contributed by atoms with Gasteiger partial charge in [-0.05, 0) is 48.4 Å². The Kier molecular flexibility index (Phi) is 5.43. The van der Waals surface area contributed by atoms with Gasteiger partial charge in [-0.15, -0.1) is 0 Å². The molecule has 0 saturated heterocycles. The maximum Gasteiger partial charge on any atom is 0.252 e. The van der Waals surface area contributed by atoms with Crippen molar-refractivity contribution >= 4 is 22.4 Å². The van der Waals surface area contributed by atoms with Gasteiger partial charge in [0, 0.05) is 42.0 Å². The zero-order valence-electron chi connectivity index (χ0n) is 17.1. The molecule has 0 radical (unpaired) electrons. The number of hydrogen-bond donors (Lipinski definition) is 1. The van der Waals surface area contributed by atoms with Crippen molar-refractivity contribution in [3.63, 3.8) is 0 Å². The molecule has 1 aliphatic carbocycles. The average molecular weight is 386 g/mol. The largest absolute Gasteiger partial charge is 0.352 e. The van der Waals surface area contributed by atoms with E-state index in [2.05, 4.69) is 47.3 Å². The van der Waals surface area contributed by atoms with Crippen LogP contribution in [0.3, 0.4) is 0 Å². The number of carbonyl (C=O) groups excluding carboxylic acids is 1. The van der Waals surface area contributed by atoms with Gasteiger partial charge < -0.3 is 5.32 Å². The number of nitrogens with zero attached hydrogens (tertiary/aromatic N) is 2. The summed E-state index contributed by atoms with van der Waals surface area (Å²) in [6, 6.07) is 14.0. The molecule has 0 saturated carbocycles. The number of benzene rings is 1. The molecule has 2 aromatic heterocycles. The first kappa shape index (κ1) is 19.3. The lowest BCUT2D eigenvalue weighted by Crippen LogP contribution is -2.26. The Hall–Kier alpha value is -3.01. The minimum atomic E-state index is -0.0978. The van der Waals surface area contributed by atoms with E-state index in [1.54, 1.807) is 12.4 Å². The third kappa shape index (κ3) is 4.53.